The Balaban J connectivity index is 1.91. The quantitative estimate of drug-likeness (QED) is 0.293. The van der Waals surface area contributed by atoms with Crippen molar-refractivity contribution in [3.05, 3.63) is 45.4 Å². The topological polar surface area (TPSA) is 55.2 Å². The molecule has 0 saturated carbocycles. The summed E-state index contributed by atoms with van der Waals surface area (Å²) in [6.45, 7) is 11.4. The van der Waals surface area contributed by atoms with Gasteiger partial charge in [-0.05, 0) is 32.2 Å². The molecule has 0 aliphatic rings. The van der Waals surface area contributed by atoms with Crippen LogP contribution in [-0.2, 0) is 11.3 Å². The first-order chi connectivity index (χ1) is 13.5. The lowest BCUT2D eigenvalue weighted by Gasteiger charge is -2.21. The molecule has 0 saturated heterocycles. The Morgan fingerprint density at radius 1 is 1.36 bits per heavy atom. The molecule has 3 heterocycles. The van der Waals surface area contributed by atoms with E-state index in [9.17, 15) is 9.59 Å². The third-order valence-corrected chi connectivity index (χ3v) is 7.02. The maximum Gasteiger partial charge on any atom is 0.263 e. The Morgan fingerprint density at radius 3 is 2.75 bits per heavy atom. The van der Waals surface area contributed by atoms with Crippen LogP contribution in [0, 0.1) is 0 Å². The number of aromatic nitrogens is 2. The summed E-state index contributed by atoms with van der Waals surface area (Å²) in [7, 11) is 0. The molecular weight excluding hydrogens is 410 g/mol. The molecule has 3 aromatic heterocycles. The molecule has 0 aromatic carbocycles. The molecule has 0 aliphatic carbocycles. The number of nitrogens with zero attached hydrogens (tertiary/aromatic N) is 3. The number of thiophene rings is 2. The van der Waals surface area contributed by atoms with Crippen LogP contribution in [0.3, 0.4) is 0 Å². The standard InChI is InChI=1S/C20H23N3O2S3/c1-5-22(10-13(3)4)16(24)12-28-20-21-18-17(19(25)23(20)6-2)14(11-27-18)15-8-7-9-26-15/h7-9,11H,3,5-6,10,12H2,1-2,4H3. The van der Waals surface area contributed by atoms with Gasteiger partial charge in [-0.3, -0.25) is 14.2 Å². The van der Waals surface area contributed by atoms with Crippen molar-refractivity contribution in [2.75, 3.05) is 18.8 Å². The van der Waals surface area contributed by atoms with Gasteiger partial charge in [0, 0.05) is 35.5 Å². The number of thioether (sulfide) groups is 1. The summed E-state index contributed by atoms with van der Waals surface area (Å²) in [6, 6.07) is 4.00. The van der Waals surface area contributed by atoms with Crippen LogP contribution < -0.4 is 5.56 Å². The molecule has 5 nitrogen and oxygen atoms in total. The summed E-state index contributed by atoms with van der Waals surface area (Å²) < 4.78 is 1.67. The van der Waals surface area contributed by atoms with Crippen molar-refractivity contribution in [1.82, 2.24) is 14.5 Å². The van der Waals surface area contributed by atoms with E-state index in [1.807, 2.05) is 43.7 Å². The zero-order chi connectivity index (χ0) is 20.3. The Kier molecular flexibility index (Phi) is 6.74. The average molecular weight is 434 g/mol. The first-order valence-corrected chi connectivity index (χ1v) is 11.8. The van der Waals surface area contributed by atoms with Crippen LogP contribution in [0.5, 0.6) is 0 Å². The van der Waals surface area contributed by atoms with Crippen molar-refractivity contribution in [1.29, 1.82) is 0 Å². The van der Waals surface area contributed by atoms with Gasteiger partial charge in [-0.2, -0.15) is 0 Å². The van der Waals surface area contributed by atoms with E-state index >= 15 is 0 Å². The summed E-state index contributed by atoms with van der Waals surface area (Å²) in [5, 5.41) is 5.27. The van der Waals surface area contributed by atoms with E-state index in [0.717, 1.165) is 20.8 Å². The second-order valence-electron chi connectivity index (χ2n) is 6.40. The van der Waals surface area contributed by atoms with Crippen LogP contribution in [0.1, 0.15) is 20.8 Å². The van der Waals surface area contributed by atoms with Gasteiger partial charge in [-0.15, -0.1) is 22.7 Å². The molecule has 0 radical (unpaired) electrons. The van der Waals surface area contributed by atoms with E-state index in [0.29, 0.717) is 30.2 Å². The molecule has 0 N–H and O–H groups in total. The number of hydrogen-bond acceptors (Lipinski definition) is 6. The third-order valence-electron chi connectivity index (χ3n) is 4.28. The summed E-state index contributed by atoms with van der Waals surface area (Å²) in [5.74, 6) is 0.278. The largest absolute Gasteiger partial charge is 0.338 e. The molecule has 1 amide bonds. The predicted octanol–water partition coefficient (Wildman–Crippen LogP) is 4.72. The van der Waals surface area contributed by atoms with Crippen molar-refractivity contribution in [2.45, 2.75) is 32.5 Å². The highest BCUT2D eigenvalue weighted by Crippen LogP contribution is 2.34. The Hall–Kier alpha value is -1.90. The number of likely N-dealkylation sites (N-methyl/N-ethyl adjacent to an activating group) is 1. The summed E-state index contributed by atoms with van der Waals surface area (Å²) in [6.07, 6.45) is 0. The smallest absolute Gasteiger partial charge is 0.263 e. The maximum atomic E-state index is 13.2. The monoisotopic (exact) mass is 433 g/mol. The number of fused-ring (bicyclic) bond motifs is 1. The zero-order valence-corrected chi connectivity index (χ0v) is 18.7. The zero-order valence-electron chi connectivity index (χ0n) is 16.2. The van der Waals surface area contributed by atoms with E-state index in [1.165, 1.54) is 23.1 Å². The Labute approximate surface area is 176 Å². The minimum absolute atomic E-state index is 0.0259. The summed E-state index contributed by atoms with van der Waals surface area (Å²) in [4.78, 5) is 34.0. The van der Waals surface area contributed by atoms with E-state index < -0.39 is 0 Å². The fourth-order valence-corrected chi connectivity index (χ4v) is 5.70. The van der Waals surface area contributed by atoms with E-state index in [4.69, 9.17) is 4.98 Å². The van der Waals surface area contributed by atoms with Gasteiger partial charge in [0.25, 0.3) is 5.56 Å². The minimum Gasteiger partial charge on any atom is -0.338 e. The van der Waals surface area contributed by atoms with Gasteiger partial charge in [0.05, 0.1) is 11.1 Å². The second-order valence-corrected chi connectivity index (χ2v) is 9.15. The Morgan fingerprint density at radius 2 is 2.14 bits per heavy atom. The summed E-state index contributed by atoms with van der Waals surface area (Å²) >= 11 is 4.42. The molecule has 0 fully saturated rings. The molecule has 28 heavy (non-hydrogen) atoms. The number of hydrogen-bond donors (Lipinski definition) is 0. The molecule has 0 unspecified atom stereocenters. The highest BCUT2D eigenvalue weighted by Gasteiger charge is 2.19. The minimum atomic E-state index is -0.0404. The fourth-order valence-electron chi connectivity index (χ4n) is 2.93. The van der Waals surface area contributed by atoms with Gasteiger partial charge in [0.15, 0.2) is 5.16 Å². The van der Waals surface area contributed by atoms with Crippen molar-refractivity contribution >= 4 is 50.6 Å². The lowest BCUT2D eigenvalue weighted by Crippen LogP contribution is -2.33. The average Bonchev–Trinajstić information content (AvgIpc) is 3.33. The molecule has 3 rings (SSSR count). The van der Waals surface area contributed by atoms with Crippen molar-refractivity contribution in [2.24, 2.45) is 0 Å². The van der Waals surface area contributed by atoms with Gasteiger partial charge < -0.3 is 4.90 Å². The van der Waals surface area contributed by atoms with Crippen molar-refractivity contribution in [3.63, 3.8) is 0 Å². The number of carbonyl (C=O) groups is 1. The highest BCUT2D eigenvalue weighted by atomic mass is 32.2. The van der Waals surface area contributed by atoms with Gasteiger partial charge in [0.2, 0.25) is 5.91 Å². The van der Waals surface area contributed by atoms with Crippen LogP contribution in [0.4, 0.5) is 0 Å². The van der Waals surface area contributed by atoms with Crippen LogP contribution in [-0.4, -0.2) is 39.2 Å². The number of rotatable bonds is 8. The number of carbonyl (C=O) groups excluding carboxylic acids is 1. The summed E-state index contributed by atoms with van der Waals surface area (Å²) in [5.41, 5.74) is 1.85. The molecule has 3 aromatic rings. The predicted molar refractivity (Wildman–Crippen MR) is 121 cm³/mol. The second kappa shape index (κ2) is 9.07. The van der Waals surface area contributed by atoms with Crippen LogP contribution in [0.25, 0.3) is 20.7 Å². The van der Waals surface area contributed by atoms with Crippen molar-refractivity contribution < 1.29 is 4.79 Å². The normalized spacial score (nSPS) is 11.1. The molecule has 0 aliphatic heterocycles. The van der Waals surface area contributed by atoms with Crippen LogP contribution in [0.15, 0.2) is 45.0 Å². The van der Waals surface area contributed by atoms with E-state index in [1.54, 1.807) is 20.8 Å². The molecule has 0 bridgehead atoms. The first-order valence-electron chi connectivity index (χ1n) is 9.07. The molecule has 0 spiro atoms. The van der Waals surface area contributed by atoms with Gasteiger partial charge in [-0.25, -0.2) is 4.98 Å². The Bertz CT molecular complexity index is 1050. The molecule has 148 valence electrons. The molecule has 8 heteroatoms. The number of amides is 1. The maximum absolute atomic E-state index is 13.2. The van der Waals surface area contributed by atoms with Gasteiger partial charge in [-0.1, -0.05) is 30.0 Å². The SMILES string of the molecule is C=C(C)CN(CC)C(=O)CSc1nc2scc(-c3cccs3)c2c(=O)n1CC. The van der Waals surface area contributed by atoms with Crippen LogP contribution in [0.2, 0.25) is 0 Å². The highest BCUT2D eigenvalue weighted by molar-refractivity contribution is 7.99. The van der Waals surface area contributed by atoms with E-state index in [-0.39, 0.29) is 17.2 Å². The molecule has 0 atom stereocenters. The first kappa shape index (κ1) is 20.8. The molecular formula is C20H23N3O2S3. The fraction of sp³-hybridized carbons (Fsp3) is 0.350. The lowest BCUT2D eigenvalue weighted by atomic mass is 10.2. The van der Waals surface area contributed by atoms with Gasteiger partial charge in [0.1, 0.15) is 4.83 Å². The van der Waals surface area contributed by atoms with Gasteiger partial charge >= 0.3 is 0 Å². The van der Waals surface area contributed by atoms with Crippen LogP contribution >= 0.6 is 34.4 Å². The van der Waals surface area contributed by atoms with E-state index in [2.05, 4.69) is 6.58 Å². The van der Waals surface area contributed by atoms with Crippen molar-refractivity contribution in [3.8, 4) is 10.4 Å². The lowest BCUT2D eigenvalue weighted by molar-refractivity contribution is -0.127. The third kappa shape index (κ3) is 4.24.